The quantitative estimate of drug-likeness (QED) is 0.754. The van der Waals surface area contributed by atoms with Gasteiger partial charge in [-0.15, -0.1) is 0 Å². The van der Waals surface area contributed by atoms with Crippen molar-refractivity contribution in [3.63, 3.8) is 0 Å². The number of nitrogens with one attached hydrogen (secondary N) is 1. The first kappa shape index (κ1) is 16.9. The van der Waals surface area contributed by atoms with E-state index in [4.69, 9.17) is 0 Å². The van der Waals surface area contributed by atoms with Crippen molar-refractivity contribution in [2.24, 2.45) is 5.92 Å². The van der Waals surface area contributed by atoms with Gasteiger partial charge in [-0.2, -0.15) is 0 Å². The Morgan fingerprint density at radius 1 is 1.04 bits per heavy atom. The average Bonchev–Trinajstić information content (AvgIpc) is 2.64. The Morgan fingerprint density at radius 2 is 1.67 bits per heavy atom. The summed E-state index contributed by atoms with van der Waals surface area (Å²) in [6.07, 6.45) is 4.61. The van der Waals surface area contributed by atoms with E-state index in [1.807, 2.05) is 29.2 Å². The Kier molecular flexibility index (Phi) is 5.44. The summed E-state index contributed by atoms with van der Waals surface area (Å²) in [6.45, 7) is 1.21. The predicted molar refractivity (Wildman–Crippen MR) is 101 cm³/mol. The molecule has 1 aromatic heterocycles. The highest BCUT2D eigenvalue weighted by Gasteiger charge is 2.27. The summed E-state index contributed by atoms with van der Waals surface area (Å²) in [5, 5.41) is 2.96. The minimum Gasteiger partial charge on any atom is -0.339 e. The van der Waals surface area contributed by atoms with Gasteiger partial charge in [-0.25, -0.2) is 0 Å². The van der Waals surface area contributed by atoms with Crippen molar-refractivity contribution in [2.75, 3.05) is 18.4 Å². The van der Waals surface area contributed by atoms with Gasteiger partial charge >= 0.3 is 0 Å². The molecular formula is C18H18IN3O2. The number of likely N-dealkylation sites (tertiary alicyclic amines) is 1. The lowest BCUT2D eigenvalue weighted by Gasteiger charge is -2.31. The lowest BCUT2D eigenvalue weighted by molar-refractivity contribution is -0.121. The average molecular weight is 435 g/mol. The van der Waals surface area contributed by atoms with Crippen LogP contribution in [0, 0.1) is 9.49 Å². The highest BCUT2D eigenvalue weighted by atomic mass is 127. The molecule has 0 saturated carbocycles. The smallest absolute Gasteiger partial charge is 0.253 e. The van der Waals surface area contributed by atoms with Gasteiger partial charge in [0.15, 0.2) is 0 Å². The number of rotatable bonds is 3. The molecular weight excluding hydrogens is 417 g/mol. The van der Waals surface area contributed by atoms with E-state index in [0.717, 1.165) is 9.26 Å². The van der Waals surface area contributed by atoms with E-state index < -0.39 is 0 Å². The Morgan fingerprint density at radius 3 is 2.29 bits per heavy atom. The Hall–Kier alpha value is -1.96. The van der Waals surface area contributed by atoms with Crippen molar-refractivity contribution >= 4 is 40.1 Å². The molecule has 2 aromatic rings. The lowest BCUT2D eigenvalue weighted by Crippen LogP contribution is -2.41. The van der Waals surface area contributed by atoms with E-state index in [2.05, 4.69) is 32.9 Å². The molecule has 1 aliphatic heterocycles. The molecule has 1 N–H and O–H groups in total. The van der Waals surface area contributed by atoms with Gasteiger partial charge < -0.3 is 10.2 Å². The molecule has 0 atom stereocenters. The number of halogens is 1. The third kappa shape index (κ3) is 4.11. The van der Waals surface area contributed by atoms with E-state index in [-0.39, 0.29) is 17.7 Å². The normalized spacial score (nSPS) is 15.1. The first-order valence-electron chi connectivity index (χ1n) is 7.89. The highest BCUT2D eigenvalue weighted by molar-refractivity contribution is 14.1. The molecule has 0 unspecified atom stereocenters. The van der Waals surface area contributed by atoms with Crippen LogP contribution in [0.25, 0.3) is 0 Å². The largest absolute Gasteiger partial charge is 0.339 e. The SMILES string of the molecule is O=C(Nc1ccc(I)cc1)C1CCN(C(=O)c2ccncc2)CC1. The second-order valence-corrected chi connectivity index (χ2v) is 7.04. The number of carbonyl (C=O) groups is 2. The Bertz CT molecular complexity index is 711. The van der Waals surface area contributed by atoms with Crippen molar-refractivity contribution in [1.29, 1.82) is 0 Å². The second kappa shape index (κ2) is 7.74. The predicted octanol–water partition coefficient (Wildman–Crippen LogP) is 3.18. The number of amides is 2. The summed E-state index contributed by atoms with van der Waals surface area (Å²) < 4.78 is 1.13. The number of aromatic nitrogens is 1. The first-order valence-corrected chi connectivity index (χ1v) is 8.97. The van der Waals surface area contributed by atoms with E-state index in [1.165, 1.54) is 0 Å². The molecule has 5 nitrogen and oxygen atoms in total. The number of benzene rings is 1. The van der Waals surface area contributed by atoms with Gasteiger partial charge in [0.1, 0.15) is 0 Å². The van der Waals surface area contributed by atoms with Gasteiger partial charge in [0.25, 0.3) is 5.91 Å². The topological polar surface area (TPSA) is 62.3 Å². The maximum absolute atomic E-state index is 12.4. The van der Waals surface area contributed by atoms with Gasteiger partial charge in [0.05, 0.1) is 0 Å². The summed E-state index contributed by atoms with van der Waals surface area (Å²) in [6, 6.07) is 11.2. The molecule has 1 fully saturated rings. The van der Waals surface area contributed by atoms with Crippen LogP contribution in [0.4, 0.5) is 5.69 Å². The van der Waals surface area contributed by atoms with Crippen molar-refractivity contribution < 1.29 is 9.59 Å². The molecule has 0 aliphatic carbocycles. The van der Waals surface area contributed by atoms with Crippen LogP contribution in [0.5, 0.6) is 0 Å². The molecule has 1 saturated heterocycles. The van der Waals surface area contributed by atoms with Crippen molar-refractivity contribution in [1.82, 2.24) is 9.88 Å². The van der Waals surface area contributed by atoms with Gasteiger partial charge in [-0.3, -0.25) is 14.6 Å². The first-order chi connectivity index (χ1) is 11.6. The Balaban J connectivity index is 1.54. The third-order valence-corrected chi connectivity index (χ3v) is 4.91. The number of hydrogen-bond donors (Lipinski definition) is 1. The van der Waals surface area contributed by atoms with Crippen LogP contribution in [0.3, 0.4) is 0 Å². The second-order valence-electron chi connectivity index (χ2n) is 5.80. The molecule has 6 heteroatoms. The van der Waals surface area contributed by atoms with Gasteiger partial charge in [-0.1, -0.05) is 0 Å². The third-order valence-electron chi connectivity index (χ3n) is 4.19. The summed E-state index contributed by atoms with van der Waals surface area (Å²) in [5.41, 5.74) is 1.46. The fraction of sp³-hybridized carbons (Fsp3) is 0.278. The van der Waals surface area contributed by atoms with E-state index in [0.29, 0.717) is 31.5 Å². The number of carbonyl (C=O) groups excluding carboxylic acids is 2. The van der Waals surface area contributed by atoms with Crippen LogP contribution in [0.2, 0.25) is 0 Å². The molecule has 3 rings (SSSR count). The maximum atomic E-state index is 12.4. The standard InChI is InChI=1S/C18H18IN3O2/c19-15-1-3-16(4-2-15)21-17(23)13-7-11-22(12-8-13)18(24)14-5-9-20-10-6-14/h1-6,9-10,13H,7-8,11-12H2,(H,21,23). The van der Waals surface area contributed by atoms with E-state index in [9.17, 15) is 9.59 Å². The summed E-state index contributed by atoms with van der Waals surface area (Å²) in [5.74, 6) is -0.00752. The zero-order valence-corrected chi connectivity index (χ0v) is 15.3. The van der Waals surface area contributed by atoms with Crippen LogP contribution in [0.1, 0.15) is 23.2 Å². The molecule has 1 aromatic carbocycles. The molecule has 0 spiro atoms. The van der Waals surface area contributed by atoms with Crippen molar-refractivity contribution in [2.45, 2.75) is 12.8 Å². The van der Waals surface area contributed by atoms with Crippen LogP contribution in [0.15, 0.2) is 48.8 Å². The number of nitrogens with zero attached hydrogens (tertiary/aromatic N) is 2. The van der Waals surface area contributed by atoms with Crippen LogP contribution < -0.4 is 5.32 Å². The minimum atomic E-state index is -0.0502. The van der Waals surface area contributed by atoms with Crippen LogP contribution in [-0.2, 0) is 4.79 Å². The number of pyridine rings is 1. The minimum absolute atomic E-state index is 0.00823. The molecule has 124 valence electrons. The summed E-state index contributed by atoms with van der Waals surface area (Å²) in [4.78, 5) is 30.5. The van der Waals surface area contributed by atoms with Gasteiger partial charge in [-0.05, 0) is 71.8 Å². The summed E-state index contributed by atoms with van der Waals surface area (Å²) >= 11 is 2.23. The molecule has 24 heavy (non-hydrogen) atoms. The number of hydrogen-bond acceptors (Lipinski definition) is 3. The van der Waals surface area contributed by atoms with Crippen LogP contribution in [-0.4, -0.2) is 34.8 Å². The van der Waals surface area contributed by atoms with Gasteiger partial charge in [0, 0.05) is 46.2 Å². The van der Waals surface area contributed by atoms with Gasteiger partial charge in [0.2, 0.25) is 5.91 Å². The van der Waals surface area contributed by atoms with E-state index in [1.54, 1.807) is 24.5 Å². The van der Waals surface area contributed by atoms with Crippen molar-refractivity contribution in [3.05, 3.63) is 57.9 Å². The van der Waals surface area contributed by atoms with Crippen molar-refractivity contribution in [3.8, 4) is 0 Å². The van der Waals surface area contributed by atoms with E-state index >= 15 is 0 Å². The number of piperidine rings is 1. The summed E-state index contributed by atoms with van der Waals surface area (Å²) in [7, 11) is 0. The van der Waals surface area contributed by atoms with Crippen LogP contribution >= 0.6 is 22.6 Å². The highest BCUT2D eigenvalue weighted by Crippen LogP contribution is 2.21. The molecule has 2 heterocycles. The number of anilines is 1. The zero-order valence-electron chi connectivity index (χ0n) is 13.1. The molecule has 2 amide bonds. The molecule has 1 aliphatic rings. The fourth-order valence-corrected chi connectivity index (χ4v) is 3.16. The molecule has 0 bridgehead atoms. The zero-order chi connectivity index (χ0) is 16.9. The Labute approximate surface area is 154 Å². The fourth-order valence-electron chi connectivity index (χ4n) is 2.80. The lowest BCUT2D eigenvalue weighted by atomic mass is 9.95. The maximum Gasteiger partial charge on any atom is 0.253 e. The monoisotopic (exact) mass is 435 g/mol. The molecule has 0 radical (unpaired) electrons.